The van der Waals surface area contributed by atoms with Gasteiger partial charge in [-0.2, -0.15) is 0 Å². The minimum Gasteiger partial charge on any atom is -0.482 e. The number of rotatable bonds is 10. The molecule has 1 aromatic carbocycles. The first-order chi connectivity index (χ1) is 14.9. The highest BCUT2D eigenvalue weighted by molar-refractivity contribution is 5.97. The molecule has 1 aromatic heterocycles. The molecule has 1 aliphatic rings. The maximum atomic E-state index is 12.5. The molecule has 8 heteroatoms. The second-order valence-corrected chi connectivity index (χ2v) is 8.09. The molecule has 0 unspecified atom stereocenters. The summed E-state index contributed by atoms with van der Waals surface area (Å²) in [6, 6.07) is 5.73. The summed E-state index contributed by atoms with van der Waals surface area (Å²) in [6.07, 6.45) is 3.32. The average molecular weight is 430 g/mol. The van der Waals surface area contributed by atoms with Gasteiger partial charge in [-0.05, 0) is 58.2 Å². The largest absolute Gasteiger partial charge is 0.482 e. The van der Waals surface area contributed by atoms with Crippen LogP contribution in [0.5, 0.6) is 5.75 Å². The fraction of sp³-hybridized carbons (Fsp3) is 0.522. The standard InChI is InChI=1S/C23H32N4O4/c1-5-26(6-2)11-7-8-17(4)24-23(29)18-14-31-21(25-18)13-27-19-12-16(3)9-10-20(19)30-15-22(27)28/h9-10,12,14,17H,5-8,11,13,15H2,1-4H3,(H,24,29)/p+1/t17-/m0/s1. The number of amides is 2. The number of carbonyl (C=O) groups is 2. The molecule has 0 spiro atoms. The lowest BCUT2D eigenvalue weighted by Gasteiger charge is -2.28. The molecule has 168 valence electrons. The van der Waals surface area contributed by atoms with E-state index in [1.54, 1.807) is 9.80 Å². The van der Waals surface area contributed by atoms with E-state index >= 15 is 0 Å². The highest BCUT2D eigenvalue weighted by atomic mass is 16.5. The predicted octanol–water partition coefficient (Wildman–Crippen LogP) is 1.73. The fourth-order valence-electron chi connectivity index (χ4n) is 3.74. The zero-order valence-corrected chi connectivity index (χ0v) is 18.9. The Labute approximate surface area is 183 Å². The summed E-state index contributed by atoms with van der Waals surface area (Å²) in [4.78, 5) is 32.4. The number of hydrogen-bond donors (Lipinski definition) is 2. The maximum Gasteiger partial charge on any atom is 0.273 e. The van der Waals surface area contributed by atoms with E-state index in [4.69, 9.17) is 9.15 Å². The van der Waals surface area contributed by atoms with Gasteiger partial charge in [-0.1, -0.05) is 6.07 Å². The molecule has 8 nitrogen and oxygen atoms in total. The minimum absolute atomic E-state index is 0.0309. The molecule has 0 fully saturated rings. The van der Waals surface area contributed by atoms with E-state index in [-0.39, 0.29) is 36.7 Å². The summed E-state index contributed by atoms with van der Waals surface area (Å²) < 4.78 is 11.0. The van der Waals surface area contributed by atoms with Crippen molar-refractivity contribution in [3.8, 4) is 5.75 Å². The Morgan fingerprint density at radius 1 is 1.32 bits per heavy atom. The topological polar surface area (TPSA) is 89.1 Å². The van der Waals surface area contributed by atoms with Crippen LogP contribution in [0.25, 0.3) is 0 Å². The van der Waals surface area contributed by atoms with Crippen molar-refractivity contribution < 1.29 is 23.6 Å². The molecular formula is C23H33N4O4+. The van der Waals surface area contributed by atoms with Crippen molar-refractivity contribution in [3.05, 3.63) is 41.6 Å². The van der Waals surface area contributed by atoms with Gasteiger partial charge >= 0.3 is 0 Å². The van der Waals surface area contributed by atoms with Gasteiger partial charge in [-0.25, -0.2) is 4.98 Å². The van der Waals surface area contributed by atoms with Crippen LogP contribution in [0.15, 0.2) is 28.9 Å². The first-order valence-corrected chi connectivity index (χ1v) is 11.0. The maximum absolute atomic E-state index is 12.5. The monoisotopic (exact) mass is 429 g/mol. The summed E-state index contributed by atoms with van der Waals surface area (Å²) >= 11 is 0. The van der Waals surface area contributed by atoms with Crippen molar-refractivity contribution in [2.45, 2.75) is 53.1 Å². The number of ether oxygens (including phenoxy) is 1. The molecule has 31 heavy (non-hydrogen) atoms. The van der Waals surface area contributed by atoms with Crippen molar-refractivity contribution >= 4 is 17.5 Å². The minimum atomic E-state index is -0.262. The summed E-state index contributed by atoms with van der Waals surface area (Å²) in [7, 11) is 0. The van der Waals surface area contributed by atoms with Crippen LogP contribution >= 0.6 is 0 Å². The molecule has 1 aliphatic heterocycles. The summed E-state index contributed by atoms with van der Waals surface area (Å²) in [5.41, 5.74) is 1.93. The van der Waals surface area contributed by atoms with Crippen molar-refractivity contribution in [1.82, 2.24) is 10.3 Å². The van der Waals surface area contributed by atoms with Gasteiger partial charge in [-0.3, -0.25) is 14.5 Å². The lowest BCUT2D eigenvalue weighted by molar-refractivity contribution is -0.896. The third-order valence-corrected chi connectivity index (χ3v) is 5.68. The number of anilines is 1. The van der Waals surface area contributed by atoms with E-state index in [0.29, 0.717) is 17.3 Å². The van der Waals surface area contributed by atoms with Gasteiger partial charge in [0.2, 0.25) is 5.89 Å². The zero-order valence-electron chi connectivity index (χ0n) is 18.9. The number of fused-ring (bicyclic) bond motifs is 1. The molecule has 0 aliphatic carbocycles. The number of oxazole rings is 1. The molecule has 2 aromatic rings. The van der Waals surface area contributed by atoms with Crippen molar-refractivity contribution in [2.24, 2.45) is 0 Å². The Bertz CT molecular complexity index is 907. The second kappa shape index (κ2) is 10.4. The third kappa shape index (κ3) is 5.85. The molecule has 0 radical (unpaired) electrons. The molecule has 2 N–H and O–H groups in total. The number of nitrogens with one attached hydrogen (secondary N) is 2. The normalized spacial score (nSPS) is 14.4. The van der Waals surface area contributed by atoms with Gasteiger partial charge in [0.05, 0.1) is 25.3 Å². The molecule has 0 saturated carbocycles. The highest BCUT2D eigenvalue weighted by Gasteiger charge is 2.27. The number of aryl methyl sites for hydroxylation is 1. The van der Waals surface area contributed by atoms with Gasteiger partial charge in [0, 0.05) is 6.04 Å². The fourth-order valence-corrected chi connectivity index (χ4v) is 3.74. The van der Waals surface area contributed by atoms with Gasteiger partial charge in [-0.15, -0.1) is 0 Å². The van der Waals surface area contributed by atoms with Crippen LogP contribution in [0, 0.1) is 6.92 Å². The summed E-state index contributed by atoms with van der Waals surface area (Å²) in [5, 5.41) is 2.98. The van der Waals surface area contributed by atoms with Crippen LogP contribution in [0.3, 0.4) is 0 Å². The van der Waals surface area contributed by atoms with Crippen molar-refractivity contribution in [3.63, 3.8) is 0 Å². The smallest absolute Gasteiger partial charge is 0.273 e. The molecule has 0 bridgehead atoms. The molecule has 0 saturated heterocycles. The van der Waals surface area contributed by atoms with E-state index in [1.807, 2.05) is 32.0 Å². The Morgan fingerprint density at radius 3 is 2.84 bits per heavy atom. The van der Waals surface area contributed by atoms with E-state index in [9.17, 15) is 9.59 Å². The number of nitrogens with zero attached hydrogens (tertiary/aromatic N) is 2. The van der Waals surface area contributed by atoms with E-state index in [1.165, 1.54) is 6.26 Å². The van der Waals surface area contributed by atoms with Crippen LogP contribution in [0.1, 0.15) is 55.6 Å². The van der Waals surface area contributed by atoms with Crippen LogP contribution in [-0.4, -0.2) is 49.1 Å². The predicted molar refractivity (Wildman–Crippen MR) is 117 cm³/mol. The number of aromatic nitrogens is 1. The number of quaternary nitrogens is 1. The number of carbonyl (C=O) groups excluding carboxylic acids is 2. The lowest BCUT2D eigenvalue weighted by atomic mass is 10.1. The Morgan fingerprint density at radius 2 is 2.10 bits per heavy atom. The lowest BCUT2D eigenvalue weighted by Crippen LogP contribution is -3.11. The Hall–Kier alpha value is -2.87. The highest BCUT2D eigenvalue weighted by Crippen LogP contribution is 2.33. The molecule has 2 amide bonds. The van der Waals surface area contributed by atoms with E-state index < -0.39 is 0 Å². The molecule has 1 atom stereocenters. The zero-order chi connectivity index (χ0) is 22.4. The van der Waals surface area contributed by atoms with Crippen molar-refractivity contribution in [2.75, 3.05) is 31.1 Å². The Kier molecular flexibility index (Phi) is 7.68. The number of hydrogen-bond acceptors (Lipinski definition) is 5. The van der Waals surface area contributed by atoms with E-state index in [2.05, 4.69) is 24.1 Å². The van der Waals surface area contributed by atoms with Crippen LogP contribution < -0.4 is 19.9 Å². The first kappa shape index (κ1) is 22.8. The van der Waals surface area contributed by atoms with Gasteiger partial charge in [0.1, 0.15) is 18.6 Å². The van der Waals surface area contributed by atoms with Crippen LogP contribution in [0.4, 0.5) is 5.69 Å². The van der Waals surface area contributed by atoms with Gasteiger partial charge in [0.15, 0.2) is 12.3 Å². The quantitative estimate of drug-likeness (QED) is 0.601. The SMILES string of the molecule is CC[NH+](CC)CCC[C@H](C)NC(=O)c1coc(CN2C(=O)COc3ccc(C)cc32)n1. The summed E-state index contributed by atoms with van der Waals surface area (Å²) in [5.74, 6) is 0.522. The van der Waals surface area contributed by atoms with Gasteiger partial charge < -0.3 is 19.4 Å². The molecule has 2 heterocycles. The van der Waals surface area contributed by atoms with Crippen LogP contribution in [-0.2, 0) is 11.3 Å². The Balaban J connectivity index is 1.57. The van der Waals surface area contributed by atoms with Crippen LogP contribution in [0.2, 0.25) is 0 Å². The average Bonchev–Trinajstić information content (AvgIpc) is 3.22. The molecule has 3 rings (SSSR count). The van der Waals surface area contributed by atoms with Crippen molar-refractivity contribution in [1.29, 1.82) is 0 Å². The second-order valence-electron chi connectivity index (χ2n) is 8.09. The summed E-state index contributed by atoms with van der Waals surface area (Å²) in [6.45, 7) is 11.8. The third-order valence-electron chi connectivity index (χ3n) is 5.68. The van der Waals surface area contributed by atoms with Gasteiger partial charge in [0.25, 0.3) is 11.8 Å². The molecular weight excluding hydrogens is 396 g/mol. The first-order valence-electron chi connectivity index (χ1n) is 11.0. The van der Waals surface area contributed by atoms with E-state index in [0.717, 1.165) is 38.0 Å². The number of benzene rings is 1.